The van der Waals surface area contributed by atoms with Crippen molar-refractivity contribution in [1.82, 2.24) is 4.72 Å². The molecule has 1 atom stereocenters. The highest BCUT2D eigenvalue weighted by molar-refractivity contribution is 7.89. The first-order valence-corrected chi connectivity index (χ1v) is 6.26. The molecule has 0 aliphatic rings. The van der Waals surface area contributed by atoms with Crippen LogP contribution in [0.15, 0.2) is 29.2 Å². The number of nitrogens with one attached hydrogen (secondary N) is 1. The van der Waals surface area contributed by atoms with Crippen molar-refractivity contribution in [1.29, 1.82) is 5.26 Å². The second-order valence-corrected chi connectivity index (χ2v) is 5.11. The standard InChI is InChI=1S/C10H10N2O5S/c11-5-7-2-1-3-8(4-7)18(16,17)12-6-9(13)10(14)15/h1-4,9,12-13H,6H2,(H,14,15)/t9-/m0/s1. The van der Waals surface area contributed by atoms with Gasteiger partial charge < -0.3 is 10.2 Å². The zero-order valence-corrected chi connectivity index (χ0v) is 9.88. The topological polar surface area (TPSA) is 127 Å². The molecule has 8 heteroatoms. The Morgan fingerprint density at radius 3 is 2.72 bits per heavy atom. The van der Waals surface area contributed by atoms with Crippen LogP contribution < -0.4 is 4.72 Å². The largest absolute Gasteiger partial charge is 0.479 e. The van der Waals surface area contributed by atoms with Crippen molar-refractivity contribution in [3.63, 3.8) is 0 Å². The average molecular weight is 270 g/mol. The van der Waals surface area contributed by atoms with Gasteiger partial charge >= 0.3 is 5.97 Å². The number of carbonyl (C=O) groups is 1. The molecule has 7 nitrogen and oxygen atoms in total. The molecule has 0 aliphatic heterocycles. The third kappa shape index (κ3) is 3.53. The van der Waals surface area contributed by atoms with Crippen LogP contribution in [0.4, 0.5) is 0 Å². The summed E-state index contributed by atoms with van der Waals surface area (Å²) in [5.74, 6) is -1.52. The lowest BCUT2D eigenvalue weighted by Gasteiger charge is -2.08. The molecule has 0 bridgehead atoms. The SMILES string of the molecule is N#Cc1cccc(S(=O)(=O)NC[C@H](O)C(=O)O)c1. The van der Waals surface area contributed by atoms with E-state index in [0.717, 1.165) is 6.07 Å². The lowest BCUT2D eigenvalue weighted by atomic mass is 10.2. The third-order valence-electron chi connectivity index (χ3n) is 2.03. The summed E-state index contributed by atoms with van der Waals surface area (Å²) in [7, 11) is -3.95. The Hall–Kier alpha value is -1.95. The molecule has 0 spiro atoms. The molecule has 1 aromatic rings. The highest BCUT2D eigenvalue weighted by Gasteiger charge is 2.19. The summed E-state index contributed by atoms with van der Waals surface area (Å²) >= 11 is 0. The Kier molecular flexibility index (Phi) is 4.38. The minimum atomic E-state index is -3.95. The molecular weight excluding hydrogens is 260 g/mol. The van der Waals surface area contributed by atoms with E-state index in [4.69, 9.17) is 15.5 Å². The number of benzene rings is 1. The number of nitriles is 1. The lowest BCUT2D eigenvalue weighted by Crippen LogP contribution is -2.36. The van der Waals surface area contributed by atoms with Gasteiger partial charge in [-0.3, -0.25) is 0 Å². The Morgan fingerprint density at radius 2 is 2.17 bits per heavy atom. The van der Waals surface area contributed by atoms with Crippen LogP contribution in [0.3, 0.4) is 0 Å². The zero-order valence-electron chi connectivity index (χ0n) is 9.07. The number of carboxylic acid groups (broad SMARTS) is 1. The van der Waals surface area contributed by atoms with Gasteiger partial charge in [-0.1, -0.05) is 6.07 Å². The van der Waals surface area contributed by atoms with Crippen LogP contribution in [-0.2, 0) is 14.8 Å². The van der Waals surface area contributed by atoms with Crippen LogP contribution in [0.1, 0.15) is 5.56 Å². The van der Waals surface area contributed by atoms with Gasteiger partial charge in [-0.2, -0.15) is 5.26 Å². The summed E-state index contributed by atoms with van der Waals surface area (Å²) < 4.78 is 25.3. The van der Waals surface area contributed by atoms with Gasteiger partial charge in [0, 0.05) is 6.54 Å². The summed E-state index contributed by atoms with van der Waals surface area (Å²) in [6, 6.07) is 7.02. The predicted molar refractivity (Wildman–Crippen MR) is 60.0 cm³/mol. The fourth-order valence-electron chi connectivity index (χ4n) is 1.09. The van der Waals surface area contributed by atoms with Gasteiger partial charge in [0.25, 0.3) is 0 Å². The van der Waals surface area contributed by atoms with Gasteiger partial charge in [0.2, 0.25) is 10.0 Å². The number of rotatable bonds is 5. The summed E-state index contributed by atoms with van der Waals surface area (Å²) in [5.41, 5.74) is 0.164. The number of nitrogens with zero attached hydrogens (tertiary/aromatic N) is 1. The molecule has 1 rings (SSSR count). The zero-order chi connectivity index (χ0) is 13.8. The van der Waals surface area contributed by atoms with Gasteiger partial charge in [0.15, 0.2) is 6.10 Å². The Balaban J connectivity index is 2.87. The van der Waals surface area contributed by atoms with Crippen molar-refractivity contribution < 1.29 is 23.4 Å². The van der Waals surface area contributed by atoms with Crippen LogP contribution in [-0.4, -0.2) is 37.2 Å². The predicted octanol–water partition coefficient (Wildman–Crippen LogP) is -0.718. The average Bonchev–Trinajstić information content (AvgIpc) is 2.36. The molecular formula is C10H10N2O5S. The van der Waals surface area contributed by atoms with E-state index >= 15 is 0 Å². The maximum Gasteiger partial charge on any atom is 0.333 e. The highest BCUT2D eigenvalue weighted by atomic mass is 32.2. The molecule has 0 aliphatic carbocycles. The van der Waals surface area contributed by atoms with E-state index in [1.807, 2.05) is 4.72 Å². The normalized spacial score (nSPS) is 12.7. The molecule has 0 saturated carbocycles. The molecule has 0 amide bonds. The first-order valence-electron chi connectivity index (χ1n) is 4.77. The molecule has 0 fully saturated rings. The van der Waals surface area contributed by atoms with Gasteiger partial charge in [-0.15, -0.1) is 0 Å². The monoisotopic (exact) mass is 270 g/mol. The van der Waals surface area contributed by atoms with E-state index < -0.39 is 28.6 Å². The molecule has 18 heavy (non-hydrogen) atoms. The summed E-state index contributed by atoms with van der Waals surface area (Å²) in [6.45, 7) is -0.644. The van der Waals surface area contributed by atoms with Crippen LogP contribution >= 0.6 is 0 Å². The Labute approximate surface area is 103 Å². The van der Waals surface area contributed by atoms with Gasteiger partial charge in [-0.25, -0.2) is 17.9 Å². The first kappa shape index (κ1) is 14.1. The van der Waals surface area contributed by atoms with Crippen molar-refractivity contribution in [2.24, 2.45) is 0 Å². The number of aliphatic carboxylic acids is 1. The van der Waals surface area contributed by atoms with Crippen LogP contribution in [0.5, 0.6) is 0 Å². The minimum absolute atomic E-state index is 0.164. The number of hydrogen-bond acceptors (Lipinski definition) is 5. The van der Waals surface area contributed by atoms with E-state index in [1.54, 1.807) is 6.07 Å². The van der Waals surface area contributed by atoms with Crippen molar-refractivity contribution >= 4 is 16.0 Å². The maximum absolute atomic E-state index is 11.7. The molecule has 3 N–H and O–H groups in total. The van der Waals surface area contributed by atoms with Gasteiger partial charge in [-0.05, 0) is 18.2 Å². The molecule has 96 valence electrons. The Morgan fingerprint density at radius 1 is 1.50 bits per heavy atom. The van der Waals surface area contributed by atoms with Crippen molar-refractivity contribution in [2.45, 2.75) is 11.0 Å². The Bertz CT molecular complexity index is 591. The van der Waals surface area contributed by atoms with Crippen molar-refractivity contribution in [3.05, 3.63) is 29.8 Å². The van der Waals surface area contributed by atoms with E-state index in [1.165, 1.54) is 18.2 Å². The molecule has 0 aromatic heterocycles. The van der Waals surface area contributed by atoms with Crippen LogP contribution in [0.2, 0.25) is 0 Å². The first-order chi connectivity index (χ1) is 8.36. The molecule has 0 radical (unpaired) electrons. The number of aliphatic hydroxyl groups is 1. The van der Waals surface area contributed by atoms with Gasteiger partial charge in [0.1, 0.15) is 0 Å². The fraction of sp³-hybridized carbons (Fsp3) is 0.200. The van der Waals surface area contributed by atoms with E-state index in [9.17, 15) is 13.2 Å². The van der Waals surface area contributed by atoms with Crippen LogP contribution in [0.25, 0.3) is 0 Å². The quantitative estimate of drug-likeness (QED) is 0.648. The molecule has 1 aromatic carbocycles. The third-order valence-corrected chi connectivity index (χ3v) is 3.45. The smallest absolute Gasteiger partial charge is 0.333 e. The number of hydrogen-bond donors (Lipinski definition) is 3. The van der Waals surface area contributed by atoms with E-state index in [2.05, 4.69) is 0 Å². The van der Waals surface area contributed by atoms with Crippen LogP contribution in [0, 0.1) is 11.3 Å². The van der Waals surface area contributed by atoms with Crippen molar-refractivity contribution in [2.75, 3.05) is 6.54 Å². The van der Waals surface area contributed by atoms with Crippen molar-refractivity contribution in [3.8, 4) is 6.07 Å². The molecule has 0 heterocycles. The summed E-state index contributed by atoms with van der Waals surface area (Å²) in [4.78, 5) is 10.2. The minimum Gasteiger partial charge on any atom is -0.479 e. The van der Waals surface area contributed by atoms with Gasteiger partial charge in [0.05, 0.1) is 16.5 Å². The molecule has 0 unspecified atom stereocenters. The number of carboxylic acids is 1. The van der Waals surface area contributed by atoms with E-state index in [0.29, 0.717) is 0 Å². The summed E-state index contributed by atoms with van der Waals surface area (Å²) in [6.07, 6.45) is -1.82. The fourth-order valence-corrected chi connectivity index (χ4v) is 2.18. The second kappa shape index (κ2) is 5.59. The number of sulfonamides is 1. The number of aliphatic hydroxyl groups excluding tert-OH is 1. The lowest BCUT2D eigenvalue weighted by molar-refractivity contribution is -0.146. The van der Waals surface area contributed by atoms with E-state index in [-0.39, 0.29) is 10.5 Å². The summed E-state index contributed by atoms with van der Waals surface area (Å²) in [5, 5.41) is 26.0. The highest BCUT2D eigenvalue weighted by Crippen LogP contribution is 2.10. The second-order valence-electron chi connectivity index (χ2n) is 3.35. The molecule has 0 saturated heterocycles. The maximum atomic E-state index is 11.7.